The molecule has 0 N–H and O–H groups in total. The third-order valence-electron chi connectivity index (χ3n) is 4.96. The molecule has 0 aliphatic carbocycles. The highest BCUT2D eigenvalue weighted by atomic mass is 32.2. The second kappa shape index (κ2) is 8.40. The lowest BCUT2D eigenvalue weighted by Gasteiger charge is -2.34. The van der Waals surface area contributed by atoms with Crippen molar-refractivity contribution in [1.82, 2.24) is 9.80 Å². The average molecular weight is 423 g/mol. The largest absolute Gasteiger partial charge is 0.450 e. The predicted molar refractivity (Wildman–Crippen MR) is 109 cm³/mol. The lowest BCUT2D eigenvalue weighted by molar-refractivity contribution is 0.0570. The van der Waals surface area contributed by atoms with Gasteiger partial charge in [-0.3, -0.25) is 4.79 Å². The number of ether oxygens (including phenoxy) is 1. The first-order valence-corrected chi connectivity index (χ1v) is 11.2. The van der Waals surface area contributed by atoms with E-state index in [9.17, 15) is 18.0 Å². The zero-order chi connectivity index (χ0) is 21.2. The van der Waals surface area contributed by atoms with Crippen LogP contribution in [0.1, 0.15) is 37.6 Å². The molecule has 1 aromatic carbocycles. The summed E-state index contributed by atoms with van der Waals surface area (Å²) in [5.41, 5.74) is 0.839. The van der Waals surface area contributed by atoms with Crippen LogP contribution in [0, 0.1) is 0 Å². The molecule has 1 saturated heterocycles. The molecule has 1 fully saturated rings. The molecule has 2 heterocycles. The Bertz CT molecular complexity index is 936. The fourth-order valence-electron chi connectivity index (χ4n) is 3.52. The van der Waals surface area contributed by atoms with Crippen LogP contribution in [0.5, 0.6) is 0 Å². The number of fused-ring (bicyclic) bond motifs is 1. The third-order valence-corrected chi connectivity index (χ3v) is 6.35. The van der Waals surface area contributed by atoms with E-state index >= 15 is 0 Å². The molecule has 3 rings (SSSR count). The minimum atomic E-state index is -3.85. The number of sulfonamides is 1. The number of rotatable bonds is 4. The van der Waals surface area contributed by atoms with Crippen LogP contribution >= 0.6 is 0 Å². The fourth-order valence-corrected chi connectivity index (χ4v) is 4.78. The van der Waals surface area contributed by atoms with E-state index in [0.717, 1.165) is 6.42 Å². The van der Waals surface area contributed by atoms with Crippen molar-refractivity contribution in [3.05, 3.63) is 23.8 Å². The van der Waals surface area contributed by atoms with Crippen molar-refractivity contribution in [3.63, 3.8) is 0 Å². The molecular formula is C19H26N4O5S. The molecule has 29 heavy (non-hydrogen) atoms. The van der Waals surface area contributed by atoms with Gasteiger partial charge in [0.15, 0.2) is 0 Å². The molecular weight excluding hydrogens is 396 g/mol. The minimum Gasteiger partial charge on any atom is -0.450 e. The van der Waals surface area contributed by atoms with E-state index in [0.29, 0.717) is 56.4 Å². The quantitative estimate of drug-likeness (QED) is 0.735. The summed E-state index contributed by atoms with van der Waals surface area (Å²) in [5.74, 6) is 0.160. The standard InChI is InChI=1S/C19H26N4O5S/c1-4-8-23-14(3)20-29(26,27)17-13-15(6-7-16(17)23)18(24)21-9-11-22(12-10-21)19(25)28-5-2/h6-7,13H,4-5,8-12H2,1-3H3. The second-order valence-corrected chi connectivity index (χ2v) is 8.50. The van der Waals surface area contributed by atoms with Gasteiger partial charge in [-0.15, -0.1) is 4.40 Å². The van der Waals surface area contributed by atoms with Gasteiger partial charge in [-0.2, -0.15) is 8.42 Å². The van der Waals surface area contributed by atoms with E-state index < -0.39 is 10.0 Å². The van der Waals surface area contributed by atoms with Crippen LogP contribution in [0.3, 0.4) is 0 Å². The number of nitrogens with zero attached hydrogens (tertiary/aromatic N) is 4. The highest BCUT2D eigenvalue weighted by Gasteiger charge is 2.31. The summed E-state index contributed by atoms with van der Waals surface area (Å²) >= 11 is 0. The van der Waals surface area contributed by atoms with Crippen LogP contribution in [0.15, 0.2) is 27.5 Å². The number of amidine groups is 1. The first kappa shape index (κ1) is 21.1. The number of carbonyl (C=O) groups excluding carboxylic acids is 2. The molecule has 0 unspecified atom stereocenters. The molecule has 0 aromatic heterocycles. The van der Waals surface area contributed by atoms with E-state index in [1.807, 2.05) is 11.8 Å². The highest BCUT2D eigenvalue weighted by molar-refractivity contribution is 7.90. The van der Waals surface area contributed by atoms with Gasteiger partial charge in [0.05, 0.1) is 12.3 Å². The number of carbonyl (C=O) groups is 2. The molecule has 1 aromatic rings. The number of benzene rings is 1. The van der Waals surface area contributed by atoms with E-state index in [-0.39, 0.29) is 16.9 Å². The van der Waals surface area contributed by atoms with Crippen LogP contribution in [0.4, 0.5) is 10.5 Å². The summed E-state index contributed by atoms with van der Waals surface area (Å²) in [6.07, 6.45) is 0.446. The zero-order valence-corrected chi connectivity index (χ0v) is 17.7. The predicted octanol–water partition coefficient (Wildman–Crippen LogP) is 1.94. The molecule has 0 saturated carbocycles. The van der Waals surface area contributed by atoms with Crippen LogP contribution in [0.25, 0.3) is 0 Å². The first-order valence-electron chi connectivity index (χ1n) is 9.72. The van der Waals surface area contributed by atoms with Gasteiger partial charge in [-0.25, -0.2) is 4.79 Å². The van der Waals surface area contributed by atoms with Gasteiger partial charge in [0.25, 0.3) is 15.9 Å². The van der Waals surface area contributed by atoms with Crippen molar-refractivity contribution in [3.8, 4) is 0 Å². The monoisotopic (exact) mass is 422 g/mol. The van der Waals surface area contributed by atoms with Gasteiger partial charge in [-0.05, 0) is 38.5 Å². The van der Waals surface area contributed by atoms with Gasteiger partial charge < -0.3 is 19.4 Å². The normalized spacial score (nSPS) is 18.2. The summed E-state index contributed by atoms with van der Waals surface area (Å²) in [7, 11) is -3.85. The van der Waals surface area contributed by atoms with Crippen LogP contribution in [0.2, 0.25) is 0 Å². The number of amides is 2. The van der Waals surface area contributed by atoms with Crippen LogP contribution in [-0.4, -0.2) is 75.4 Å². The van der Waals surface area contributed by atoms with Crippen LogP contribution in [-0.2, 0) is 14.8 Å². The van der Waals surface area contributed by atoms with Crippen molar-refractivity contribution in [1.29, 1.82) is 0 Å². The molecule has 0 bridgehead atoms. The van der Waals surface area contributed by atoms with Crippen molar-refractivity contribution >= 4 is 33.5 Å². The van der Waals surface area contributed by atoms with Gasteiger partial charge in [0.2, 0.25) is 0 Å². The van der Waals surface area contributed by atoms with E-state index in [4.69, 9.17) is 4.74 Å². The first-order chi connectivity index (χ1) is 13.8. The van der Waals surface area contributed by atoms with Gasteiger partial charge in [-0.1, -0.05) is 6.92 Å². The van der Waals surface area contributed by atoms with Gasteiger partial charge >= 0.3 is 6.09 Å². The zero-order valence-electron chi connectivity index (χ0n) is 16.9. The Morgan fingerprint density at radius 3 is 2.38 bits per heavy atom. The van der Waals surface area contributed by atoms with Gasteiger partial charge in [0.1, 0.15) is 10.7 Å². The van der Waals surface area contributed by atoms with E-state index in [1.54, 1.807) is 35.8 Å². The van der Waals surface area contributed by atoms with E-state index in [2.05, 4.69) is 4.40 Å². The summed E-state index contributed by atoms with van der Waals surface area (Å²) in [6, 6.07) is 4.72. The van der Waals surface area contributed by atoms with Crippen molar-refractivity contribution in [2.45, 2.75) is 32.1 Å². The van der Waals surface area contributed by atoms with Crippen molar-refractivity contribution in [2.75, 3.05) is 44.2 Å². The molecule has 9 nitrogen and oxygen atoms in total. The Balaban J connectivity index is 1.80. The molecule has 2 aliphatic heterocycles. The topological polar surface area (TPSA) is 99.6 Å². The Hall–Kier alpha value is -2.62. The third kappa shape index (κ3) is 4.21. The summed E-state index contributed by atoms with van der Waals surface area (Å²) in [5, 5.41) is 0. The summed E-state index contributed by atoms with van der Waals surface area (Å²) in [6.45, 7) is 7.83. The van der Waals surface area contributed by atoms with Crippen molar-refractivity contribution < 1.29 is 22.7 Å². The molecule has 0 radical (unpaired) electrons. The SMILES string of the molecule is CCCN1C(C)=NS(=O)(=O)c2cc(C(=O)N3CCN(C(=O)OCC)CC3)ccc21. The number of piperazine rings is 1. The molecule has 0 spiro atoms. The highest BCUT2D eigenvalue weighted by Crippen LogP contribution is 2.33. The maximum Gasteiger partial charge on any atom is 0.409 e. The molecule has 2 amide bonds. The average Bonchev–Trinajstić information content (AvgIpc) is 2.70. The van der Waals surface area contributed by atoms with E-state index in [1.165, 1.54) is 6.07 Å². The summed E-state index contributed by atoms with van der Waals surface area (Å²) in [4.78, 5) is 29.8. The molecule has 158 valence electrons. The lowest BCUT2D eigenvalue weighted by atomic mass is 10.1. The number of hydrogen-bond acceptors (Lipinski definition) is 6. The Labute approximate surface area is 171 Å². The Kier molecular flexibility index (Phi) is 6.11. The molecule has 10 heteroatoms. The van der Waals surface area contributed by atoms with Gasteiger partial charge in [0, 0.05) is 38.3 Å². The second-order valence-electron chi connectivity index (χ2n) is 6.93. The Morgan fingerprint density at radius 1 is 1.10 bits per heavy atom. The number of anilines is 1. The maximum absolute atomic E-state index is 12.9. The Morgan fingerprint density at radius 2 is 1.76 bits per heavy atom. The minimum absolute atomic E-state index is 0.0487. The summed E-state index contributed by atoms with van der Waals surface area (Å²) < 4.78 is 34.0. The molecule has 0 atom stereocenters. The van der Waals surface area contributed by atoms with Crippen molar-refractivity contribution in [2.24, 2.45) is 4.40 Å². The maximum atomic E-state index is 12.9. The lowest BCUT2D eigenvalue weighted by Crippen LogP contribution is -2.50. The smallest absolute Gasteiger partial charge is 0.409 e. The number of hydrogen-bond donors (Lipinski definition) is 0. The fraction of sp³-hybridized carbons (Fsp3) is 0.526. The molecule has 2 aliphatic rings. The van der Waals surface area contributed by atoms with Crippen LogP contribution < -0.4 is 4.90 Å².